The van der Waals surface area contributed by atoms with Crippen LogP contribution in [0.15, 0.2) is 22.8 Å². The molecule has 1 heterocycles. The molecule has 0 aliphatic carbocycles. The third-order valence-corrected chi connectivity index (χ3v) is 3.31. The van der Waals surface area contributed by atoms with Crippen LogP contribution in [0, 0.1) is 11.6 Å². The van der Waals surface area contributed by atoms with Crippen molar-refractivity contribution in [3.05, 3.63) is 40.1 Å². The molecule has 2 rings (SSSR count). The molecule has 19 heavy (non-hydrogen) atoms. The Morgan fingerprint density at radius 1 is 1.42 bits per heavy atom. The van der Waals surface area contributed by atoms with Crippen LogP contribution in [0.2, 0.25) is 0 Å². The molecule has 7 heteroatoms. The smallest absolute Gasteiger partial charge is 0.152 e. The van der Waals surface area contributed by atoms with E-state index >= 15 is 0 Å². The van der Waals surface area contributed by atoms with E-state index in [9.17, 15) is 8.78 Å². The Labute approximate surface area is 117 Å². The van der Waals surface area contributed by atoms with Gasteiger partial charge in [-0.05, 0) is 28.4 Å². The SMILES string of the molecule is CCCC(N)c1cn(-c2c(F)cc(F)cc2Br)nn1. The van der Waals surface area contributed by atoms with Gasteiger partial charge in [0.25, 0.3) is 0 Å². The molecule has 0 radical (unpaired) electrons. The van der Waals surface area contributed by atoms with E-state index in [2.05, 4.69) is 26.2 Å². The maximum absolute atomic E-state index is 13.8. The number of nitrogens with two attached hydrogens (primary N) is 1. The first kappa shape index (κ1) is 14.1. The highest BCUT2D eigenvalue weighted by Gasteiger charge is 2.16. The van der Waals surface area contributed by atoms with Crippen molar-refractivity contribution in [3.8, 4) is 5.69 Å². The first-order chi connectivity index (χ1) is 9.02. The zero-order valence-corrected chi connectivity index (χ0v) is 11.9. The minimum absolute atomic E-state index is 0.115. The zero-order chi connectivity index (χ0) is 14.0. The van der Waals surface area contributed by atoms with Gasteiger partial charge in [-0.15, -0.1) is 5.10 Å². The molecule has 0 saturated heterocycles. The predicted octanol–water partition coefficient (Wildman–Crippen LogP) is 3.11. The molecule has 2 aromatic rings. The molecule has 0 saturated carbocycles. The first-order valence-corrected chi connectivity index (χ1v) is 6.65. The summed E-state index contributed by atoms with van der Waals surface area (Å²) in [5, 5.41) is 7.76. The van der Waals surface area contributed by atoms with Gasteiger partial charge in [-0.1, -0.05) is 18.6 Å². The summed E-state index contributed by atoms with van der Waals surface area (Å²) in [7, 11) is 0. The molecule has 2 N–H and O–H groups in total. The van der Waals surface area contributed by atoms with Gasteiger partial charge in [-0.2, -0.15) is 0 Å². The van der Waals surface area contributed by atoms with Crippen LogP contribution in [-0.4, -0.2) is 15.0 Å². The third kappa shape index (κ3) is 2.98. The molecule has 1 aromatic heterocycles. The Kier molecular flexibility index (Phi) is 4.26. The van der Waals surface area contributed by atoms with Gasteiger partial charge < -0.3 is 5.73 Å². The summed E-state index contributed by atoms with van der Waals surface area (Å²) in [6.45, 7) is 2.01. The Morgan fingerprint density at radius 2 is 2.16 bits per heavy atom. The topological polar surface area (TPSA) is 56.7 Å². The minimum Gasteiger partial charge on any atom is -0.323 e. The van der Waals surface area contributed by atoms with Crippen LogP contribution in [-0.2, 0) is 0 Å². The standard InChI is InChI=1S/C12H13BrF2N4/c1-2-3-10(16)11-6-19(18-17-11)12-8(13)4-7(14)5-9(12)15/h4-6,10H,2-3,16H2,1H3. The quantitative estimate of drug-likeness (QED) is 0.937. The summed E-state index contributed by atoms with van der Waals surface area (Å²) in [6.07, 6.45) is 3.25. The lowest BCUT2D eigenvalue weighted by Crippen LogP contribution is -2.10. The number of hydrogen-bond acceptors (Lipinski definition) is 3. The second kappa shape index (κ2) is 5.75. The van der Waals surface area contributed by atoms with Crippen molar-refractivity contribution in [3.63, 3.8) is 0 Å². The van der Waals surface area contributed by atoms with Crippen LogP contribution in [0.5, 0.6) is 0 Å². The van der Waals surface area contributed by atoms with Crippen LogP contribution < -0.4 is 5.73 Å². The van der Waals surface area contributed by atoms with Gasteiger partial charge in [0.05, 0.1) is 17.9 Å². The van der Waals surface area contributed by atoms with Gasteiger partial charge in [-0.3, -0.25) is 0 Å². The summed E-state index contributed by atoms with van der Waals surface area (Å²) >= 11 is 3.11. The zero-order valence-electron chi connectivity index (χ0n) is 10.3. The Bertz CT molecular complexity index is 562. The van der Waals surface area contributed by atoms with Crippen molar-refractivity contribution >= 4 is 15.9 Å². The molecular formula is C12H13BrF2N4. The molecule has 0 aliphatic heterocycles. The van der Waals surface area contributed by atoms with Crippen LogP contribution >= 0.6 is 15.9 Å². The second-order valence-corrected chi connectivity index (χ2v) is 5.06. The van der Waals surface area contributed by atoms with Crippen LogP contribution in [0.4, 0.5) is 8.78 Å². The molecule has 1 atom stereocenters. The van der Waals surface area contributed by atoms with Crippen LogP contribution in [0.3, 0.4) is 0 Å². The highest BCUT2D eigenvalue weighted by atomic mass is 79.9. The van der Waals surface area contributed by atoms with Gasteiger partial charge in [0.1, 0.15) is 11.5 Å². The van der Waals surface area contributed by atoms with E-state index in [-0.39, 0.29) is 16.2 Å². The summed E-state index contributed by atoms with van der Waals surface area (Å²) in [6, 6.07) is 1.74. The van der Waals surface area contributed by atoms with E-state index in [1.165, 1.54) is 10.7 Å². The fourth-order valence-electron chi connectivity index (χ4n) is 1.77. The van der Waals surface area contributed by atoms with Crippen molar-refractivity contribution in [1.29, 1.82) is 0 Å². The molecule has 4 nitrogen and oxygen atoms in total. The molecule has 102 valence electrons. The molecule has 0 aliphatic rings. The summed E-state index contributed by atoms with van der Waals surface area (Å²) in [5.41, 5.74) is 6.61. The monoisotopic (exact) mass is 330 g/mol. The van der Waals surface area contributed by atoms with Gasteiger partial charge in [0.15, 0.2) is 5.82 Å². The normalized spacial score (nSPS) is 12.7. The lowest BCUT2D eigenvalue weighted by Gasteiger charge is -2.06. The van der Waals surface area contributed by atoms with Crippen molar-refractivity contribution in [2.45, 2.75) is 25.8 Å². The van der Waals surface area contributed by atoms with Gasteiger partial charge in [-0.25, -0.2) is 13.5 Å². The van der Waals surface area contributed by atoms with E-state index in [1.807, 2.05) is 6.92 Å². The minimum atomic E-state index is -0.715. The Balaban J connectivity index is 2.38. The third-order valence-electron chi connectivity index (χ3n) is 2.70. The van der Waals surface area contributed by atoms with Gasteiger partial charge in [0.2, 0.25) is 0 Å². The van der Waals surface area contributed by atoms with Crippen molar-refractivity contribution in [2.75, 3.05) is 0 Å². The maximum Gasteiger partial charge on any atom is 0.152 e. The lowest BCUT2D eigenvalue weighted by molar-refractivity contribution is 0.570. The highest BCUT2D eigenvalue weighted by molar-refractivity contribution is 9.10. The average molecular weight is 331 g/mol. The molecule has 0 fully saturated rings. The summed E-state index contributed by atoms with van der Waals surface area (Å²) in [4.78, 5) is 0. The van der Waals surface area contributed by atoms with Gasteiger partial charge >= 0.3 is 0 Å². The number of benzene rings is 1. The Morgan fingerprint density at radius 3 is 2.79 bits per heavy atom. The van der Waals surface area contributed by atoms with Crippen molar-refractivity contribution < 1.29 is 8.78 Å². The average Bonchev–Trinajstić information content (AvgIpc) is 2.77. The van der Waals surface area contributed by atoms with Crippen LogP contribution in [0.1, 0.15) is 31.5 Å². The highest BCUT2D eigenvalue weighted by Crippen LogP contribution is 2.25. The largest absolute Gasteiger partial charge is 0.323 e. The van der Waals surface area contributed by atoms with E-state index in [0.717, 1.165) is 18.9 Å². The molecule has 1 aromatic carbocycles. The van der Waals surface area contributed by atoms with Crippen LogP contribution in [0.25, 0.3) is 5.69 Å². The number of halogens is 3. The maximum atomic E-state index is 13.8. The summed E-state index contributed by atoms with van der Waals surface area (Å²) in [5.74, 6) is -1.37. The number of aromatic nitrogens is 3. The number of nitrogens with zero attached hydrogens (tertiary/aromatic N) is 3. The van der Waals surface area contributed by atoms with Gasteiger partial charge in [0, 0.05) is 10.5 Å². The predicted molar refractivity (Wildman–Crippen MR) is 70.8 cm³/mol. The molecule has 1 unspecified atom stereocenters. The first-order valence-electron chi connectivity index (χ1n) is 5.85. The van der Waals surface area contributed by atoms with E-state index in [1.54, 1.807) is 6.20 Å². The number of hydrogen-bond donors (Lipinski definition) is 1. The Hall–Kier alpha value is -1.34. The molecule has 0 spiro atoms. The van der Waals surface area contributed by atoms with Crippen molar-refractivity contribution in [2.24, 2.45) is 5.73 Å². The van der Waals surface area contributed by atoms with Crippen molar-refractivity contribution in [1.82, 2.24) is 15.0 Å². The fraction of sp³-hybridized carbons (Fsp3) is 0.333. The molecule has 0 amide bonds. The van der Waals surface area contributed by atoms with E-state index < -0.39 is 11.6 Å². The van der Waals surface area contributed by atoms with E-state index in [4.69, 9.17) is 5.73 Å². The molecule has 0 bridgehead atoms. The second-order valence-electron chi connectivity index (χ2n) is 4.20. The summed E-state index contributed by atoms with van der Waals surface area (Å²) < 4.78 is 28.3. The fourth-order valence-corrected chi connectivity index (χ4v) is 2.36. The lowest BCUT2D eigenvalue weighted by atomic mass is 10.1. The number of rotatable bonds is 4. The van der Waals surface area contributed by atoms with E-state index in [0.29, 0.717) is 5.69 Å². The molecular weight excluding hydrogens is 318 g/mol.